The molecule has 0 bridgehead atoms. The van der Waals surface area contributed by atoms with Crippen molar-refractivity contribution in [3.8, 4) is 0 Å². The van der Waals surface area contributed by atoms with Gasteiger partial charge in [-0.1, -0.05) is 0 Å². The highest BCUT2D eigenvalue weighted by atomic mass is 32.2. The highest BCUT2D eigenvalue weighted by Gasteiger charge is 2.27. The summed E-state index contributed by atoms with van der Waals surface area (Å²) >= 11 is 1.93. The van der Waals surface area contributed by atoms with E-state index in [4.69, 9.17) is 0 Å². The summed E-state index contributed by atoms with van der Waals surface area (Å²) in [4.78, 5) is 18.6. The van der Waals surface area contributed by atoms with Crippen molar-refractivity contribution in [1.82, 2.24) is 24.6 Å². The molecule has 2 saturated heterocycles. The van der Waals surface area contributed by atoms with Crippen LogP contribution in [0.4, 0.5) is 10.7 Å². The fourth-order valence-corrected chi connectivity index (χ4v) is 3.63. The third-order valence-corrected chi connectivity index (χ3v) is 5.13. The predicted octanol–water partition coefficient (Wildman–Crippen LogP) is 0.414. The van der Waals surface area contributed by atoms with Gasteiger partial charge in [0.05, 0.1) is 0 Å². The first kappa shape index (κ1) is 14.5. The lowest BCUT2D eigenvalue weighted by atomic mass is 10.3. The SMILES string of the molecule is Cc1nnc(N2CCN(C(=O)N3CCSCC3)CC2)n1C. The van der Waals surface area contributed by atoms with Crippen molar-refractivity contribution in [2.75, 3.05) is 55.7 Å². The Bertz CT molecular complexity index is 505. The number of anilines is 1. The number of aryl methyl sites for hydroxylation is 1. The number of rotatable bonds is 1. The fourth-order valence-electron chi connectivity index (χ4n) is 2.72. The van der Waals surface area contributed by atoms with E-state index < -0.39 is 0 Å². The second-order valence-corrected chi connectivity index (χ2v) is 6.69. The summed E-state index contributed by atoms with van der Waals surface area (Å²) in [6, 6.07) is 0.198. The van der Waals surface area contributed by atoms with Gasteiger partial charge in [-0.15, -0.1) is 10.2 Å². The van der Waals surface area contributed by atoms with E-state index in [2.05, 4.69) is 15.1 Å². The number of urea groups is 1. The smallest absolute Gasteiger partial charge is 0.320 e. The molecule has 0 aromatic carbocycles. The Morgan fingerprint density at radius 3 is 2.19 bits per heavy atom. The van der Waals surface area contributed by atoms with E-state index in [0.717, 1.165) is 62.5 Å². The zero-order chi connectivity index (χ0) is 14.8. The lowest BCUT2D eigenvalue weighted by molar-refractivity contribution is 0.154. The maximum atomic E-state index is 12.5. The van der Waals surface area contributed by atoms with Gasteiger partial charge in [-0.25, -0.2) is 4.79 Å². The summed E-state index contributed by atoms with van der Waals surface area (Å²) in [6.45, 7) is 6.87. The topological polar surface area (TPSA) is 57.5 Å². The Balaban J connectivity index is 1.57. The van der Waals surface area contributed by atoms with Crippen molar-refractivity contribution in [3.05, 3.63) is 5.82 Å². The number of carbonyl (C=O) groups excluding carboxylic acids is 1. The second kappa shape index (κ2) is 6.13. The first-order valence-electron chi connectivity index (χ1n) is 7.39. The van der Waals surface area contributed by atoms with E-state index in [9.17, 15) is 4.79 Å². The molecule has 0 spiro atoms. The van der Waals surface area contributed by atoms with E-state index >= 15 is 0 Å². The predicted molar refractivity (Wildman–Crippen MR) is 83.8 cm³/mol. The van der Waals surface area contributed by atoms with E-state index in [1.165, 1.54) is 0 Å². The van der Waals surface area contributed by atoms with Crippen molar-refractivity contribution < 1.29 is 4.79 Å². The van der Waals surface area contributed by atoms with Crippen molar-refractivity contribution in [3.63, 3.8) is 0 Å². The first-order chi connectivity index (χ1) is 10.2. The van der Waals surface area contributed by atoms with Crippen LogP contribution in [0.5, 0.6) is 0 Å². The monoisotopic (exact) mass is 310 g/mol. The van der Waals surface area contributed by atoms with Gasteiger partial charge >= 0.3 is 6.03 Å². The lowest BCUT2D eigenvalue weighted by Gasteiger charge is -2.38. The molecule has 0 N–H and O–H groups in total. The molecule has 21 heavy (non-hydrogen) atoms. The maximum absolute atomic E-state index is 12.5. The third-order valence-electron chi connectivity index (χ3n) is 4.18. The average molecular weight is 310 g/mol. The number of carbonyl (C=O) groups is 1. The summed E-state index contributed by atoms with van der Waals surface area (Å²) < 4.78 is 2.00. The molecule has 8 heteroatoms. The maximum Gasteiger partial charge on any atom is 0.320 e. The molecular weight excluding hydrogens is 288 g/mol. The Kier molecular flexibility index (Phi) is 4.23. The summed E-state index contributed by atoms with van der Waals surface area (Å²) in [5, 5.41) is 8.32. The van der Waals surface area contributed by atoms with Crippen molar-refractivity contribution in [2.45, 2.75) is 6.92 Å². The summed E-state index contributed by atoms with van der Waals surface area (Å²) in [7, 11) is 1.98. The van der Waals surface area contributed by atoms with Crippen LogP contribution in [-0.4, -0.2) is 81.4 Å². The molecule has 0 radical (unpaired) electrons. The van der Waals surface area contributed by atoms with Gasteiger partial charge in [0.1, 0.15) is 5.82 Å². The van der Waals surface area contributed by atoms with E-state index in [-0.39, 0.29) is 6.03 Å². The Labute approximate surface area is 129 Å². The first-order valence-corrected chi connectivity index (χ1v) is 8.55. The number of nitrogens with zero attached hydrogens (tertiary/aromatic N) is 6. The Hall–Kier alpha value is -1.44. The molecule has 0 unspecified atom stereocenters. The van der Waals surface area contributed by atoms with Crippen LogP contribution in [-0.2, 0) is 7.05 Å². The molecule has 1 aromatic rings. The van der Waals surface area contributed by atoms with Gasteiger partial charge in [0.2, 0.25) is 5.95 Å². The highest BCUT2D eigenvalue weighted by Crippen LogP contribution is 2.16. The van der Waals surface area contributed by atoms with Gasteiger partial charge in [0, 0.05) is 57.8 Å². The summed E-state index contributed by atoms with van der Waals surface area (Å²) in [5.74, 6) is 3.93. The normalized spacial score (nSPS) is 20.0. The molecule has 2 fully saturated rings. The average Bonchev–Trinajstić information content (AvgIpc) is 2.87. The minimum Gasteiger partial charge on any atom is -0.337 e. The Morgan fingerprint density at radius 1 is 1.00 bits per heavy atom. The summed E-state index contributed by atoms with van der Waals surface area (Å²) in [5.41, 5.74) is 0. The zero-order valence-corrected chi connectivity index (χ0v) is 13.5. The molecule has 3 heterocycles. The van der Waals surface area contributed by atoms with Gasteiger partial charge in [-0.3, -0.25) is 0 Å². The van der Waals surface area contributed by atoms with Crippen LogP contribution < -0.4 is 4.90 Å². The van der Waals surface area contributed by atoms with E-state index in [1.54, 1.807) is 0 Å². The van der Waals surface area contributed by atoms with Crippen LogP contribution in [0.15, 0.2) is 0 Å². The van der Waals surface area contributed by atoms with Crippen LogP contribution >= 0.6 is 11.8 Å². The minimum atomic E-state index is 0.198. The number of aromatic nitrogens is 3. The molecule has 3 rings (SSSR count). The fraction of sp³-hybridized carbons (Fsp3) is 0.769. The third kappa shape index (κ3) is 2.95. The summed E-state index contributed by atoms with van der Waals surface area (Å²) in [6.07, 6.45) is 0. The molecule has 7 nitrogen and oxygen atoms in total. The van der Waals surface area contributed by atoms with Crippen LogP contribution in [0.2, 0.25) is 0 Å². The van der Waals surface area contributed by atoms with Crippen LogP contribution in [0.1, 0.15) is 5.82 Å². The van der Waals surface area contributed by atoms with Crippen molar-refractivity contribution in [2.24, 2.45) is 7.05 Å². The van der Waals surface area contributed by atoms with Crippen LogP contribution in [0.25, 0.3) is 0 Å². The number of thioether (sulfide) groups is 1. The molecule has 2 amide bonds. The number of hydrogen-bond donors (Lipinski definition) is 0. The number of amides is 2. The van der Waals surface area contributed by atoms with Crippen molar-refractivity contribution >= 4 is 23.7 Å². The van der Waals surface area contributed by atoms with E-state index in [0.29, 0.717) is 0 Å². The van der Waals surface area contributed by atoms with Gasteiger partial charge in [0.15, 0.2) is 0 Å². The number of hydrogen-bond acceptors (Lipinski definition) is 5. The minimum absolute atomic E-state index is 0.198. The molecule has 116 valence electrons. The van der Waals surface area contributed by atoms with Gasteiger partial charge in [-0.05, 0) is 6.92 Å². The lowest BCUT2D eigenvalue weighted by Crippen LogP contribution is -2.54. The molecular formula is C13H22N6OS. The van der Waals surface area contributed by atoms with Gasteiger partial charge in [0.25, 0.3) is 0 Å². The highest BCUT2D eigenvalue weighted by molar-refractivity contribution is 7.99. The largest absolute Gasteiger partial charge is 0.337 e. The standard InChI is InChI=1S/C13H22N6OS/c1-11-14-15-12(16(11)2)17-3-5-18(6-4-17)13(20)19-7-9-21-10-8-19/h3-10H2,1-2H3. The van der Waals surface area contributed by atoms with E-state index in [1.807, 2.05) is 40.1 Å². The second-order valence-electron chi connectivity index (χ2n) is 5.46. The van der Waals surface area contributed by atoms with Crippen molar-refractivity contribution in [1.29, 1.82) is 0 Å². The molecule has 1 aromatic heterocycles. The van der Waals surface area contributed by atoms with Crippen LogP contribution in [0.3, 0.4) is 0 Å². The molecule has 2 aliphatic heterocycles. The quantitative estimate of drug-likeness (QED) is 0.752. The molecule has 0 aliphatic carbocycles. The van der Waals surface area contributed by atoms with Crippen LogP contribution in [0, 0.1) is 6.92 Å². The number of piperazine rings is 1. The zero-order valence-electron chi connectivity index (χ0n) is 12.7. The molecule has 2 aliphatic rings. The molecule has 0 saturated carbocycles. The van der Waals surface area contributed by atoms with Gasteiger partial charge in [-0.2, -0.15) is 11.8 Å². The Morgan fingerprint density at radius 2 is 1.62 bits per heavy atom. The van der Waals surface area contributed by atoms with Gasteiger partial charge < -0.3 is 19.3 Å². The molecule has 0 atom stereocenters.